The monoisotopic (exact) mass is 379 g/mol. The number of fused-ring (bicyclic) bond motifs is 1. The van der Waals surface area contributed by atoms with Crippen molar-refractivity contribution in [1.82, 2.24) is 0 Å². The quantitative estimate of drug-likeness (QED) is 0.725. The van der Waals surface area contributed by atoms with Crippen LogP contribution in [0.4, 0.5) is 10.1 Å². The maximum absolute atomic E-state index is 13.1. The lowest BCUT2D eigenvalue weighted by Crippen LogP contribution is -2.13. The molecule has 0 saturated carbocycles. The van der Waals surface area contributed by atoms with Gasteiger partial charge in [-0.05, 0) is 57.0 Å². The molecule has 0 aromatic heterocycles. The van der Waals surface area contributed by atoms with E-state index in [1.54, 1.807) is 18.2 Å². The molecule has 0 unspecified atom stereocenters. The smallest absolute Gasteiger partial charge is 0.261 e. The van der Waals surface area contributed by atoms with Gasteiger partial charge in [-0.25, -0.2) is 12.8 Å². The van der Waals surface area contributed by atoms with E-state index in [4.69, 9.17) is 0 Å². The molecule has 3 rings (SSSR count). The summed E-state index contributed by atoms with van der Waals surface area (Å²) in [4.78, 5) is 0.155. The average molecular weight is 380 g/mol. The Morgan fingerprint density at radius 2 is 1.64 bits per heavy atom. The number of anilines is 1. The predicted octanol–water partition coefficient (Wildman–Crippen LogP) is 4.54. The number of halogens is 2. The summed E-state index contributed by atoms with van der Waals surface area (Å²) in [5.74, 6) is -0.444. The van der Waals surface area contributed by atoms with Crippen LogP contribution in [-0.2, 0) is 10.0 Å². The average Bonchev–Trinajstić information content (AvgIpc) is 2.49. The Hall–Kier alpha value is -1.92. The fourth-order valence-electron chi connectivity index (χ4n) is 2.11. The molecule has 0 fully saturated rings. The molecule has 0 amide bonds. The summed E-state index contributed by atoms with van der Waals surface area (Å²) >= 11 is 3.15. The summed E-state index contributed by atoms with van der Waals surface area (Å²) < 4.78 is 40.8. The van der Waals surface area contributed by atoms with Crippen LogP contribution in [0.2, 0.25) is 0 Å². The summed E-state index contributed by atoms with van der Waals surface area (Å²) in [6, 6.07) is 16.2. The van der Waals surface area contributed by atoms with E-state index < -0.39 is 15.8 Å². The second-order valence-corrected chi connectivity index (χ2v) is 7.28. The molecule has 3 nitrogen and oxygen atoms in total. The van der Waals surface area contributed by atoms with E-state index >= 15 is 0 Å². The molecule has 0 atom stereocenters. The Labute approximate surface area is 136 Å². The van der Waals surface area contributed by atoms with Gasteiger partial charge in [-0.2, -0.15) is 0 Å². The SMILES string of the molecule is O=S(=O)(Nc1ccc(F)cc1Br)c1ccc2ccccc2c1. The largest absolute Gasteiger partial charge is 0.278 e. The van der Waals surface area contributed by atoms with Gasteiger partial charge in [-0.15, -0.1) is 0 Å². The first-order valence-electron chi connectivity index (χ1n) is 6.42. The molecular formula is C16H11BrFNO2S. The first-order chi connectivity index (χ1) is 10.5. The maximum Gasteiger partial charge on any atom is 0.261 e. The van der Waals surface area contributed by atoms with Crippen LogP contribution < -0.4 is 4.72 Å². The Bertz CT molecular complexity index is 957. The lowest BCUT2D eigenvalue weighted by molar-refractivity contribution is 0.601. The Kier molecular flexibility index (Phi) is 3.88. The van der Waals surface area contributed by atoms with Gasteiger partial charge < -0.3 is 0 Å². The normalized spacial score (nSPS) is 11.5. The molecule has 22 heavy (non-hydrogen) atoms. The molecule has 1 N–H and O–H groups in total. The third-order valence-electron chi connectivity index (χ3n) is 3.21. The van der Waals surface area contributed by atoms with E-state index in [0.717, 1.165) is 10.8 Å². The lowest BCUT2D eigenvalue weighted by atomic mass is 10.1. The topological polar surface area (TPSA) is 46.2 Å². The van der Waals surface area contributed by atoms with Gasteiger partial charge >= 0.3 is 0 Å². The van der Waals surface area contributed by atoms with Crippen molar-refractivity contribution < 1.29 is 12.8 Å². The number of nitrogens with one attached hydrogen (secondary N) is 1. The maximum atomic E-state index is 13.1. The third-order valence-corrected chi connectivity index (χ3v) is 5.23. The summed E-state index contributed by atoms with van der Waals surface area (Å²) in [7, 11) is -3.74. The standard InChI is InChI=1S/C16H11BrFNO2S/c17-15-10-13(18)6-8-16(15)19-22(20,21)14-7-5-11-3-1-2-4-12(11)9-14/h1-10,19H. The highest BCUT2D eigenvalue weighted by Crippen LogP contribution is 2.27. The van der Waals surface area contributed by atoms with Gasteiger partial charge in [-0.1, -0.05) is 30.3 Å². The summed E-state index contributed by atoms with van der Waals surface area (Å²) in [5.41, 5.74) is 0.287. The molecule has 112 valence electrons. The number of hydrogen-bond acceptors (Lipinski definition) is 2. The van der Waals surface area contributed by atoms with Crippen molar-refractivity contribution in [2.75, 3.05) is 4.72 Å². The third kappa shape index (κ3) is 2.98. The number of rotatable bonds is 3. The predicted molar refractivity (Wildman–Crippen MR) is 88.9 cm³/mol. The van der Waals surface area contributed by atoms with Gasteiger partial charge in [0.05, 0.1) is 10.6 Å². The van der Waals surface area contributed by atoms with Crippen LogP contribution >= 0.6 is 15.9 Å². The first-order valence-corrected chi connectivity index (χ1v) is 8.70. The van der Waals surface area contributed by atoms with E-state index in [-0.39, 0.29) is 10.6 Å². The lowest BCUT2D eigenvalue weighted by Gasteiger charge is -2.10. The molecular weight excluding hydrogens is 369 g/mol. The van der Waals surface area contributed by atoms with Gasteiger partial charge in [0.25, 0.3) is 10.0 Å². The number of benzene rings is 3. The van der Waals surface area contributed by atoms with Gasteiger partial charge in [0.1, 0.15) is 5.82 Å². The second-order valence-electron chi connectivity index (χ2n) is 4.74. The van der Waals surface area contributed by atoms with E-state index in [0.29, 0.717) is 4.47 Å². The zero-order chi connectivity index (χ0) is 15.7. The molecule has 0 spiro atoms. The van der Waals surface area contributed by atoms with Crippen molar-refractivity contribution >= 4 is 42.4 Å². The molecule has 0 bridgehead atoms. The van der Waals surface area contributed by atoms with E-state index in [2.05, 4.69) is 20.7 Å². The highest BCUT2D eigenvalue weighted by atomic mass is 79.9. The molecule has 3 aromatic rings. The Balaban J connectivity index is 2.00. The number of hydrogen-bond donors (Lipinski definition) is 1. The Morgan fingerprint density at radius 1 is 0.909 bits per heavy atom. The molecule has 0 aliphatic heterocycles. The zero-order valence-corrected chi connectivity index (χ0v) is 13.7. The molecule has 0 aliphatic carbocycles. The van der Waals surface area contributed by atoms with Crippen molar-refractivity contribution in [2.45, 2.75) is 4.90 Å². The van der Waals surface area contributed by atoms with Crippen molar-refractivity contribution in [3.8, 4) is 0 Å². The van der Waals surface area contributed by atoms with Crippen molar-refractivity contribution in [3.63, 3.8) is 0 Å². The van der Waals surface area contributed by atoms with Gasteiger partial charge in [0, 0.05) is 4.47 Å². The fraction of sp³-hybridized carbons (Fsp3) is 0. The van der Waals surface area contributed by atoms with Crippen molar-refractivity contribution in [3.05, 3.63) is 71.0 Å². The summed E-state index contributed by atoms with van der Waals surface area (Å²) in [6.07, 6.45) is 0. The van der Waals surface area contributed by atoms with E-state index in [9.17, 15) is 12.8 Å². The van der Waals surface area contributed by atoms with Crippen LogP contribution in [0.3, 0.4) is 0 Å². The van der Waals surface area contributed by atoms with Crippen LogP contribution in [-0.4, -0.2) is 8.42 Å². The highest BCUT2D eigenvalue weighted by Gasteiger charge is 2.16. The van der Waals surface area contributed by atoms with Crippen LogP contribution in [0, 0.1) is 5.82 Å². The zero-order valence-electron chi connectivity index (χ0n) is 11.3. The Morgan fingerprint density at radius 3 is 2.36 bits per heavy atom. The molecule has 0 saturated heterocycles. The van der Waals surface area contributed by atoms with Crippen molar-refractivity contribution in [2.24, 2.45) is 0 Å². The summed E-state index contributed by atoms with van der Waals surface area (Å²) in [5, 5.41) is 1.80. The van der Waals surface area contributed by atoms with E-state index in [1.807, 2.05) is 24.3 Å². The van der Waals surface area contributed by atoms with Crippen LogP contribution in [0.5, 0.6) is 0 Å². The molecule has 6 heteroatoms. The minimum atomic E-state index is -3.74. The fourth-order valence-corrected chi connectivity index (χ4v) is 3.81. The van der Waals surface area contributed by atoms with Crippen LogP contribution in [0.25, 0.3) is 10.8 Å². The van der Waals surface area contributed by atoms with E-state index in [1.165, 1.54) is 18.2 Å². The minimum Gasteiger partial charge on any atom is -0.278 e. The van der Waals surface area contributed by atoms with Crippen molar-refractivity contribution in [1.29, 1.82) is 0 Å². The molecule has 3 aromatic carbocycles. The second kappa shape index (κ2) is 5.70. The van der Waals surface area contributed by atoms with Gasteiger partial charge in [0.15, 0.2) is 0 Å². The van der Waals surface area contributed by atoms with Gasteiger partial charge in [-0.3, -0.25) is 4.72 Å². The first kappa shape index (κ1) is 15.0. The summed E-state index contributed by atoms with van der Waals surface area (Å²) in [6.45, 7) is 0. The molecule has 0 heterocycles. The number of sulfonamides is 1. The minimum absolute atomic E-state index is 0.155. The highest BCUT2D eigenvalue weighted by molar-refractivity contribution is 9.10. The molecule has 0 radical (unpaired) electrons. The van der Waals surface area contributed by atoms with Crippen LogP contribution in [0.15, 0.2) is 70.0 Å². The molecule has 0 aliphatic rings. The van der Waals surface area contributed by atoms with Crippen LogP contribution in [0.1, 0.15) is 0 Å². The van der Waals surface area contributed by atoms with Gasteiger partial charge in [0.2, 0.25) is 0 Å².